The fourth-order valence-electron chi connectivity index (χ4n) is 2.94. The van der Waals surface area contributed by atoms with Crippen molar-refractivity contribution in [2.24, 2.45) is 0 Å². The highest BCUT2D eigenvalue weighted by Gasteiger charge is 2.16. The number of rotatable bonds is 4. The minimum atomic E-state index is -0.182. The largest absolute Gasteiger partial charge is 0.345 e. The van der Waals surface area contributed by atoms with Gasteiger partial charge in [-0.15, -0.1) is 0 Å². The summed E-state index contributed by atoms with van der Waals surface area (Å²) >= 11 is 0. The van der Waals surface area contributed by atoms with E-state index in [1.54, 1.807) is 29.2 Å². The normalized spacial score (nSPS) is 12.0. The summed E-state index contributed by atoms with van der Waals surface area (Å²) in [5.41, 5.74) is 4.39. The van der Waals surface area contributed by atoms with E-state index in [-0.39, 0.29) is 11.9 Å². The Hall–Kier alpha value is -3.47. The van der Waals surface area contributed by atoms with E-state index < -0.39 is 0 Å². The van der Waals surface area contributed by atoms with Crippen LogP contribution in [0.5, 0.6) is 0 Å². The van der Waals surface area contributed by atoms with Crippen molar-refractivity contribution in [2.75, 3.05) is 0 Å². The minimum absolute atomic E-state index is 0.119. The zero-order valence-corrected chi connectivity index (χ0v) is 14.3. The molecule has 4 aromatic rings. The zero-order chi connectivity index (χ0) is 17.9. The summed E-state index contributed by atoms with van der Waals surface area (Å²) in [7, 11) is 0. The third kappa shape index (κ3) is 3.07. The van der Waals surface area contributed by atoms with Crippen LogP contribution in [0.3, 0.4) is 0 Å². The van der Waals surface area contributed by atoms with Gasteiger partial charge in [0.15, 0.2) is 5.65 Å². The summed E-state index contributed by atoms with van der Waals surface area (Å²) in [6.45, 7) is 1.97. The minimum Gasteiger partial charge on any atom is -0.345 e. The molecule has 0 unspecified atom stereocenters. The Morgan fingerprint density at radius 2 is 1.73 bits per heavy atom. The summed E-state index contributed by atoms with van der Waals surface area (Å²) in [6.07, 6.45) is 4.97. The lowest BCUT2D eigenvalue weighted by atomic mass is 10.0. The molecule has 1 atom stereocenters. The molecule has 0 saturated heterocycles. The second-order valence-corrected chi connectivity index (χ2v) is 6.13. The molecular formula is C21H18N4O. The Morgan fingerprint density at radius 3 is 2.50 bits per heavy atom. The number of amides is 1. The van der Waals surface area contributed by atoms with Crippen LogP contribution in [0, 0.1) is 0 Å². The molecule has 0 aliphatic rings. The first kappa shape index (κ1) is 16.0. The highest BCUT2D eigenvalue weighted by Crippen LogP contribution is 2.22. The van der Waals surface area contributed by atoms with E-state index in [2.05, 4.69) is 39.7 Å². The van der Waals surface area contributed by atoms with Gasteiger partial charge in [-0.25, -0.2) is 9.50 Å². The fraction of sp³-hybridized carbons (Fsp3) is 0.0952. The van der Waals surface area contributed by atoms with Crippen LogP contribution < -0.4 is 5.32 Å². The predicted octanol–water partition coefficient (Wildman–Crippen LogP) is 3.89. The molecule has 1 N–H and O–H groups in total. The maximum atomic E-state index is 12.6. The number of nitrogens with one attached hydrogen (secondary N) is 1. The van der Waals surface area contributed by atoms with E-state index in [0.717, 1.165) is 11.1 Å². The van der Waals surface area contributed by atoms with Crippen LogP contribution >= 0.6 is 0 Å². The molecule has 128 valence electrons. The van der Waals surface area contributed by atoms with Crippen LogP contribution in [-0.2, 0) is 0 Å². The maximum Gasteiger partial charge on any atom is 0.257 e. The van der Waals surface area contributed by atoms with Gasteiger partial charge in [0.1, 0.15) is 5.56 Å². The number of benzene rings is 2. The van der Waals surface area contributed by atoms with Crippen LogP contribution in [-0.4, -0.2) is 20.5 Å². The summed E-state index contributed by atoms with van der Waals surface area (Å²) in [5.74, 6) is -0.182. The number of hydrogen-bond acceptors (Lipinski definition) is 3. The van der Waals surface area contributed by atoms with Gasteiger partial charge in [-0.2, -0.15) is 5.10 Å². The standard InChI is InChI=1S/C21H18N4O/c1-15(16-8-10-18(11-9-16)17-6-3-2-4-7-17)24-21(26)19-14-23-25-13-5-12-22-20(19)25/h2-15H,1H3,(H,24,26)/t15-/m1/s1. The molecule has 2 heterocycles. The van der Waals surface area contributed by atoms with E-state index in [9.17, 15) is 4.79 Å². The third-order valence-corrected chi connectivity index (χ3v) is 4.39. The second kappa shape index (κ2) is 6.80. The van der Waals surface area contributed by atoms with Gasteiger partial charge in [-0.3, -0.25) is 4.79 Å². The molecule has 0 spiro atoms. The quantitative estimate of drug-likeness (QED) is 0.612. The first-order valence-corrected chi connectivity index (χ1v) is 8.47. The van der Waals surface area contributed by atoms with Gasteiger partial charge >= 0.3 is 0 Å². The average Bonchev–Trinajstić information content (AvgIpc) is 3.13. The number of nitrogens with zero attached hydrogens (tertiary/aromatic N) is 3. The lowest BCUT2D eigenvalue weighted by molar-refractivity contribution is 0.0941. The van der Waals surface area contributed by atoms with Gasteiger partial charge in [0.25, 0.3) is 5.91 Å². The summed E-state index contributed by atoms with van der Waals surface area (Å²) < 4.78 is 1.59. The topological polar surface area (TPSA) is 59.3 Å². The van der Waals surface area contributed by atoms with Crippen molar-refractivity contribution in [2.45, 2.75) is 13.0 Å². The number of fused-ring (bicyclic) bond motifs is 1. The molecule has 5 nitrogen and oxygen atoms in total. The van der Waals surface area contributed by atoms with E-state index in [0.29, 0.717) is 11.2 Å². The molecule has 5 heteroatoms. The number of carbonyl (C=O) groups excluding carboxylic acids is 1. The van der Waals surface area contributed by atoms with Crippen molar-refractivity contribution in [3.8, 4) is 11.1 Å². The van der Waals surface area contributed by atoms with E-state index in [1.807, 2.05) is 37.3 Å². The Labute approximate surface area is 151 Å². The molecule has 2 aromatic heterocycles. The van der Waals surface area contributed by atoms with Gasteiger partial charge < -0.3 is 5.32 Å². The van der Waals surface area contributed by atoms with Crippen molar-refractivity contribution < 1.29 is 4.79 Å². The predicted molar refractivity (Wildman–Crippen MR) is 101 cm³/mol. The maximum absolute atomic E-state index is 12.6. The monoisotopic (exact) mass is 342 g/mol. The number of hydrogen-bond donors (Lipinski definition) is 1. The molecule has 4 rings (SSSR count). The van der Waals surface area contributed by atoms with Gasteiger partial charge in [-0.1, -0.05) is 54.6 Å². The Morgan fingerprint density at radius 1 is 1.00 bits per heavy atom. The molecule has 0 aliphatic heterocycles. The fourth-order valence-corrected chi connectivity index (χ4v) is 2.94. The van der Waals surface area contributed by atoms with E-state index >= 15 is 0 Å². The van der Waals surface area contributed by atoms with Crippen LogP contribution in [0.15, 0.2) is 79.3 Å². The molecule has 1 amide bonds. The molecule has 0 bridgehead atoms. The summed E-state index contributed by atoms with van der Waals surface area (Å²) in [6, 6.07) is 20.1. The molecule has 2 aromatic carbocycles. The average molecular weight is 342 g/mol. The first-order chi connectivity index (χ1) is 12.7. The number of carbonyl (C=O) groups is 1. The van der Waals surface area contributed by atoms with Crippen LogP contribution in [0.2, 0.25) is 0 Å². The van der Waals surface area contributed by atoms with E-state index in [1.165, 1.54) is 5.56 Å². The lowest BCUT2D eigenvalue weighted by Gasteiger charge is -2.14. The molecule has 0 fully saturated rings. The molecule has 0 aliphatic carbocycles. The van der Waals surface area contributed by atoms with Crippen molar-refractivity contribution >= 4 is 11.6 Å². The third-order valence-electron chi connectivity index (χ3n) is 4.39. The Bertz CT molecular complexity index is 1040. The van der Waals surface area contributed by atoms with Crippen molar-refractivity contribution in [3.05, 3.63) is 90.4 Å². The Balaban J connectivity index is 1.51. The van der Waals surface area contributed by atoms with Gasteiger partial charge in [0, 0.05) is 12.4 Å². The van der Waals surface area contributed by atoms with Crippen LogP contribution in [0.4, 0.5) is 0 Å². The molecule has 0 radical (unpaired) electrons. The van der Waals surface area contributed by atoms with Crippen LogP contribution in [0.25, 0.3) is 16.8 Å². The zero-order valence-electron chi connectivity index (χ0n) is 14.3. The van der Waals surface area contributed by atoms with Gasteiger partial charge in [0.05, 0.1) is 12.2 Å². The second-order valence-electron chi connectivity index (χ2n) is 6.13. The van der Waals surface area contributed by atoms with Gasteiger partial charge in [-0.05, 0) is 29.7 Å². The number of aromatic nitrogens is 3. The van der Waals surface area contributed by atoms with Crippen molar-refractivity contribution in [1.29, 1.82) is 0 Å². The molecule has 0 saturated carbocycles. The highest BCUT2D eigenvalue weighted by molar-refractivity contribution is 5.99. The molecular weight excluding hydrogens is 324 g/mol. The van der Waals surface area contributed by atoms with Gasteiger partial charge in [0.2, 0.25) is 0 Å². The van der Waals surface area contributed by atoms with E-state index in [4.69, 9.17) is 0 Å². The summed E-state index contributed by atoms with van der Waals surface area (Å²) in [4.78, 5) is 16.8. The van der Waals surface area contributed by atoms with Crippen LogP contribution in [0.1, 0.15) is 28.9 Å². The first-order valence-electron chi connectivity index (χ1n) is 8.47. The smallest absolute Gasteiger partial charge is 0.257 e. The van der Waals surface area contributed by atoms with Crippen molar-refractivity contribution in [1.82, 2.24) is 19.9 Å². The SMILES string of the molecule is C[C@@H](NC(=O)c1cnn2cccnc12)c1ccc(-c2ccccc2)cc1. The highest BCUT2D eigenvalue weighted by atomic mass is 16.1. The summed E-state index contributed by atoms with van der Waals surface area (Å²) in [5, 5.41) is 7.18. The lowest BCUT2D eigenvalue weighted by Crippen LogP contribution is -2.26. The van der Waals surface area contributed by atoms with Crippen molar-refractivity contribution in [3.63, 3.8) is 0 Å². The Kier molecular flexibility index (Phi) is 4.19. The molecule has 26 heavy (non-hydrogen) atoms.